The van der Waals surface area contributed by atoms with Crippen molar-refractivity contribution in [3.63, 3.8) is 0 Å². The molecule has 9 aromatic carbocycles. The van der Waals surface area contributed by atoms with E-state index in [1.807, 2.05) is 0 Å². The molecule has 0 saturated heterocycles. The lowest BCUT2D eigenvalue weighted by Gasteiger charge is -2.19. The molecule has 0 amide bonds. The van der Waals surface area contributed by atoms with Crippen LogP contribution < -0.4 is 38.2 Å². The number of nitrogens with zero attached hydrogens (tertiary/aromatic N) is 2. The van der Waals surface area contributed by atoms with Crippen LogP contribution in [0.3, 0.4) is 0 Å². The second kappa shape index (κ2) is 14.4. The molecule has 0 aliphatic heterocycles. The molecular weight excluding hydrogens is 768 g/mol. The molecule has 12 rings (SSSR count). The van der Waals surface area contributed by atoms with Crippen molar-refractivity contribution in [3.05, 3.63) is 164 Å². The van der Waals surface area contributed by atoms with Crippen molar-refractivity contribution >= 4 is 159 Å². The zero-order valence-corrected chi connectivity index (χ0v) is 37.4. The van der Waals surface area contributed by atoms with E-state index in [0.29, 0.717) is 0 Å². The molecule has 64 heavy (non-hydrogen) atoms. The van der Waals surface area contributed by atoms with Crippen LogP contribution in [-0.4, -0.2) is 64.1 Å². The van der Waals surface area contributed by atoms with E-state index in [1.165, 1.54) is 115 Å². The number of furan rings is 1. The maximum absolute atomic E-state index is 6.78. The number of benzene rings is 9. The van der Waals surface area contributed by atoms with E-state index in [-0.39, 0.29) is 0 Å². The lowest BCUT2D eigenvalue weighted by molar-refractivity contribution is 0.666. The summed E-state index contributed by atoms with van der Waals surface area (Å²) in [5, 5.41) is 7.43. The Morgan fingerprint density at radius 3 is 1.70 bits per heavy atom. The number of para-hydroxylation sites is 2. The van der Waals surface area contributed by atoms with Crippen LogP contribution in [0.15, 0.2) is 168 Å². The van der Waals surface area contributed by atoms with Crippen LogP contribution in [-0.2, 0) is 0 Å². The highest BCUT2D eigenvalue weighted by atomic mass is 16.3. The van der Waals surface area contributed by atoms with Crippen LogP contribution in [0.5, 0.6) is 0 Å². The standard InChI is InChI=1S/C54H41B7N2O/c55-45-41(46(56)50(60)52-43(45)44-47(57)48(58)49(59)51(61)53(44)63(52)39-19-10-17-35-34-15-7-8-20-40(34)64-54(35)39)31-23-26-37-36(27-31)42-33(30-13-5-2-6-14-30)16-9-18-38(42)62(37)32-24-21-29(22-25-32)28-11-3-1-4-12-28/h1-27H,55-61H2. The van der Waals surface area contributed by atoms with E-state index in [0.717, 1.165) is 33.3 Å². The molecule has 0 atom stereocenters. The van der Waals surface area contributed by atoms with Gasteiger partial charge < -0.3 is 13.6 Å². The van der Waals surface area contributed by atoms with Gasteiger partial charge in [0.15, 0.2) is 5.58 Å². The van der Waals surface area contributed by atoms with E-state index in [4.69, 9.17) is 4.42 Å². The zero-order valence-electron chi connectivity index (χ0n) is 37.4. The van der Waals surface area contributed by atoms with E-state index < -0.39 is 0 Å². The lowest BCUT2D eigenvalue weighted by atomic mass is 9.64. The summed E-state index contributed by atoms with van der Waals surface area (Å²) in [7, 11) is 16.2. The van der Waals surface area contributed by atoms with Crippen molar-refractivity contribution in [2.75, 3.05) is 0 Å². The van der Waals surface area contributed by atoms with Gasteiger partial charge in [0.05, 0.1) is 16.7 Å². The van der Waals surface area contributed by atoms with E-state index in [9.17, 15) is 0 Å². The normalized spacial score (nSPS) is 11.9. The highest BCUT2D eigenvalue weighted by Gasteiger charge is 2.27. The lowest BCUT2D eigenvalue weighted by Crippen LogP contribution is -2.48. The highest BCUT2D eigenvalue weighted by Crippen LogP contribution is 2.41. The number of rotatable bonds is 5. The van der Waals surface area contributed by atoms with Crippen LogP contribution in [0.25, 0.3) is 110 Å². The summed E-state index contributed by atoms with van der Waals surface area (Å²) in [6, 6.07) is 59.5. The second-order valence-corrected chi connectivity index (χ2v) is 17.8. The van der Waals surface area contributed by atoms with Gasteiger partial charge in [-0.2, -0.15) is 0 Å². The van der Waals surface area contributed by atoms with Gasteiger partial charge in [0, 0.05) is 43.7 Å². The first-order valence-electron chi connectivity index (χ1n) is 22.4. The first-order chi connectivity index (χ1) is 31.2. The summed E-state index contributed by atoms with van der Waals surface area (Å²) >= 11 is 0. The van der Waals surface area contributed by atoms with Gasteiger partial charge in [-0.25, -0.2) is 0 Å². The fraction of sp³-hybridized carbons (Fsp3) is 0. The van der Waals surface area contributed by atoms with Crippen molar-refractivity contribution in [2.24, 2.45) is 0 Å². The van der Waals surface area contributed by atoms with Gasteiger partial charge in [0.25, 0.3) is 0 Å². The molecule has 12 aromatic rings. The molecule has 0 spiro atoms. The first kappa shape index (κ1) is 38.5. The summed E-state index contributed by atoms with van der Waals surface area (Å²) < 4.78 is 11.8. The molecule has 0 aliphatic carbocycles. The molecule has 3 nitrogen and oxygen atoms in total. The second-order valence-electron chi connectivity index (χ2n) is 17.8. The molecule has 0 N–H and O–H groups in total. The fourth-order valence-electron chi connectivity index (χ4n) is 11.1. The van der Waals surface area contributed by atoms with Gasteiger partial charge in [-0.15, -0.1) is 5.46 Å². The molecule has 0 fully saturated rings. The number of hydrogen-bond donors (Lipinski definition) is 0. The van der Waals surface area contributed by atoms with Gasteiger partial charge in [0.1, 0.15) is 60.5 Å². The monoisotopic (exact) mass is 810 g/mol. The van der Waals surface area contributed by atoms with Crippen LogP contribution in [0.4, 0.5) is 0 Å². The molecule has 3 heterocycles. The Morgan fingerprint density at radius 1 is 0.359 bits per heavy atom. The summed E-state index contributed by atoms with van der Waals surface area (Å²) in [6.07, 6.45) is 0. The minimum atomic E-state index is 0.911. The van der Waals surface area contributed by atoms with Crippen molar-refractivity contribution in [1.29, 1.82) is 0 Å². The number of aromatic nitrogens is 2. The summed E-state index contributed by atoms with van der Waals surface area (Å²) in [4.78, 5) is 0. The smallest absolute Gasteiger partial charge is 0.159 e. The number of fused-ring (bicyclic) bond motifs is 9. The number of hydrogen-bond acceptors (Lipinski definition) is 1. The van der Waals surface area contributed by atoms with Gasteiger partial charge in [0.2, 0.25) is 0 Å². The third kappa shape index (κ3) is 5.45. The minimum Gasteiger partial charge on any atom is -0.454 e. The van der Waals surface area contributed by atoms with Crippen LogP contribution in [0, 0.1) is 0 Å². The van der Waals surface area contributed by atoms with Crippen molar-refractivity contribution < 1.29 is 4.42 Å². The molecule has 294 valence electrons. The Balaban J connectivity index is 1.15. The summed E-state index contributed by atoms with van der Waals surface area (Å²) in [6.45, 7) is 0. The SMILES string of the molecule is Bc1c(B)c(B)c2c(c1B)c1c(B)c(-c3ccc4c(c3)c3c(-c5ccccc5)cccc3n4-c3ccc(-c4ccccc4)cc3)c(B)c(B)c1n2-c1cccc2c1oc1ccccc12. The van der Waals surface area contributed by atoms with Crippen LogP contribution in [0.2, 0.25) is 0 Å². The molecule has 10 heteroatoms. The average Bonchev–Trinajstić information content (AvgIpc) is 4.01. The Morgan fingerprint density at radius 2 is 0.953 bits per heavy atom. The Labute approximate surface area is 379 Å². The predicted octanol–water partition coefficient (Wildman–Crippen LogP) is 2.59. The molecule has 0 unspecified atom stereocenters. The Kier molecular flexibility index (Phi) is 8.69. The first-order valence-corrected chi connectivity index (χ1v) is 22.4. The van der Waals surface area contributed by atoms with E-state index in [2.05, 4.69) is 228 Å². The Bertz CT molecular complexity index is 3910. The highest BCUT2D eigenvalue weighted by molar-refractivity contribution is 6.69. The van der Waals surface area contributed by atoms with Gasteiger partial charge in [-0.1, -0.05) is 154 Å². The predicted molar refractivity (Wildman–Crippen MR) is 296 cm³/mol. The summed E-state index contributed by atoms with van der Waals surface area (Å²) in [5.41, 5.74) is 25.5. The van der Waals surface area contributed by atoms with Gasteiger partial charge in [-0.3, -0.25) is 0 Å². The van der Waals surface area contributed by atoms with E-state index >= 15 is 0 Å². The van der Waals surface area contributed by atoms with Crippen LogP contribution in [0.1, 0.15) is 0 Å². The third-order valence-electron chi connectivity index (χ3n) is 14.7. The zero-order chi connectivity index (χ0) is 43.5. The van der Waals surface area contributed by atoms with Crippen molar-refractivity contribution in [1.82, 2.24) is 9.13 Å². The molecule has 0 aliphatic rings. The quantitative estimate of drug-likeness (QED) is 0.246. The average molecular weight is 810 g/mol. The minimum absolute atomic E-state index is 0.911. The Hall–Kier alpha value is -7.17. The maximum Gasteiger partial charge on any atom is 0.159 e. The molecule has 0 bridgehead atoms. The van der Waals surface area contributed by atoms with Crippen molar-refractivity contribution in [3.8, 4) is 44.8 Å². The third-order valence-corrected chi connectivity index (χ3v) is 14.7. The molecule has 0 saturated carbocycles. The van der Waals surface area contributed by atoms with Gasteiger partial charge >= 0.3 is 0 Å². The molecular formula is C54H41B7N2O. The fourth-order valence-corrected chi connectivity index (χ4v) is 11.1. The largest absolute Gasteiger partial charge is 0.454 e. The van der Waals surface area contributed by atoms with Crippen molar-refractivity contribution in [2.45, 2.75) is 0 Å². The van der Waals surface area contributed by atoms with Gasteiger partial charge in [-0.05, 0) is 81.2 Å². The van der Waals surface area contributed by atoms with E-state index in [1.54, 1.807) is 0 Å². The molecule has 0 radical (unpaired) electrons. The molecule has 3 aromatic heterocycles. The van der Waals surface area contributed by atoms with Crippen LogP contribution >= 0.6 is 0 Å². The summed E-state index contributed by atoms with van der Waals surface area (Å²) in [5.74, 6) is 0. The topological polar surface area (TPSA) is 23.0 Å². The maximum atomic E-state index is 6.78.